The van der Waals surface area contributed by atoms with Gasteiger partial charge >= 0.3 is 0 Å². The van der Waals surface area contributed by atoms with Crippen LogP contribution in [-0.4, -0.2) is 55.8 Å². The van der Waals surface area contributed by atoms with E-state index in [0.717, 1.165) is 22.2 Å². The number of hydrogen-bond donors (Lipinski definition) is 2. The number of likely N-dealkylation sites (tertiary alicyclic amines) is 1. The first-order chi connectivity index (χ1) is 14.2. The van der Waals surface area contributed by atoms with E-state index in [1.807, 2.05) is 39.1 Å². The van der Waals surface area contributed by atoms with Gasteiger partial charge in [-0.05, 0) is 43.9 Å². The van der Waals surface area contributed by atoms with Crippen molar-refractivity contribution < 1.29 is 14.7 Å². The lowest BCUT2D eigenvalue weighted by Gasteiger charge is -2.35. The van der Waals surface area contributed by atoms with Gasteiger partial charge in [-0.3, -0.25) is 4.79 Å². The smallest absolute Gasteiger partial charge is 0.263 e. The summed E-state index contributed by atoms with van der Waals surface area (Å²) in [4.78, 5) is 39.9. The van der Waals surface area contributed by atoms with Gasteiger partial charge in [0.25, 0.3) is 5.91 Å². The zero-order valence-corrected chi connectivity index (χ0v) is 18.3. The van der Waals surface area contributed by atoms with Crippen LogP contribution in [0.4, 0.5) is 0 Å². The van der Waals surface area contributed by atoms with Crippen molar-refractivity contribution in [1.82, 2.24) is 19.9 Å². The highest BCUT2D eigenvalue weighted by atomic mass is 32.1. The van der Waals surface area contributed by atoms with Crippen molar-refractivity contribution in [2.24, 2.45) is 5.41 Å². The number of carbonyl (C=O) groups excluding carboxylic acids is 2. The molecule has 4 rings (SSSR count). The molecule has 0 bridgehead atoms. The minimum atomic E-state index is -0.685. The van der Waals surface area contributed by atoms with Gasteiger partial charge in [-0.2, -0.15) is 0 Å². The van der Waals surface area contributed by atoms with Gasteiger partial charge in [0.2, 0.25) is 0 Å². The Labute approximate surface area is 179 Å². The highest BCUT2D eigenvalue weighted by Gasteiger charge is 2.30. The number of nitrogens with zero attached hydrogens (tertiary/aromatic N) is 3. The van der Waals surface area contributed by atoms with Crippen LogP contribution in [0.1, 0.15) is 48.8 Å². The predicted molar refractivity (Wildman–Crippen MR) is 117 cm³/mol. The Bertz CT molecular complexity index is 1090. The standard InChI is InChI=1S/C22H26N4O3S/c1-21(2,13-27)10-14-11-23-19-18(14)25-15(12-24-19)16-4-5-17(30-16)20(28)26-8-6-22(3,29)7-9-26/h4-5,11-13,29H,6-10H2,1-3H3,(H,23,24). The molecule has 2 N–H and O–H groups in total. The zero-order valence-electron chi connectivity index (χ0n) is 17.4. The molecule has 3 aromatic heterocycles. The minimum Gasteiger partial charge on any atom is -0.390 e. The van der Waals surface area contributed by atoms with E-state index in [9.17, 15) is 14.7 Å². The first kappa shape index (κ1) is 20.7. The van der Waals surface area contributed by atoms with Crippen molar-refractivity contribution in [2.75, 3.05) is 13.1 Å². The number of thiophene rings is 1. The lowest BCUT2D eigenvalue weighted by molar-refractivity contribution is -0.114. The quantitative estimate of drug-likeness (QED) is 0.609. The van der Waals surface area contributed by atoms with Gasteiger partial charge in [-0.25, -0.2) is 9.97 Å². The second kappa shape index (κ2) is 7.59. The van der Waals surface area contributed by atoms with Crippen LogP contribution in [0.5, 0.6) is 0 Å². The molecular weight excluding hydrogens is 400 g/mol. The Kier molecular flexibility index (Phi) is 5.23. The Morgan fingerprint density at radius 3 is 2.80 bits per heavy atom. The maximum Gasteiger partial charge on any atom is 0.263 e. The molecule has 1 aliphatic rings. The second-order valence-electron chi connectivity index (χ2n) is 9.00. The normalized spacial score (nSPS) is 16.7. The number of fused-ring (bicyclic) bond motifs is 1. The number of amides is 1. The fourth-order valence-electron chi connectivity index (χ4n) is 3.67. The number of hydrogen-bond acceptors (Lipinski definition) is 6. The van der Waals surface area contributed by atoms with E-state index in [0.29, 0.717) is 48.6 Å². The van der Waals surface area contributed by atoms with E-state index < -0.39 is 11.0 Å². The van der Waals surface area contributed by atoms with Gasteiger partial charge in [-0.15, -0.1) is 11.3 Å². The monoisotopic (exact) mass is 426 g/mol. The van der Waals surface area contributed by atoms with Gasteiger partial charge in [0.1, 0.15) is 11.8 Å². The highest BCUT2D eigenvalue weighted by Crippen LogP contribution is 2.31. The van der Waals surface area contributed by atoms with Crippen LogP contribution in [0.15, 0.2) is 24.5 Å². The van der Waals surface area contributed by atoms with Gasteiger partial charge < -0.3 is 19.8 Å². The number of aliphatic hydroxyl groups is 1. The highest BCUT2D eigenvalue weighted by molar-refractivity contribution is 7.17. The van der Waals surface area contributed by atoms with Crippen molar-refractivity contribution in [2.45, 2.75) is 45.6 Å². The van der Waals surface area contributed by atoms with Crippen LogP contribution < -0.4 is 0 Å². The lowest BCUT2D eigenvalue weighted by atomic mass is 9.88. The number of carbonyl (C=O) groups is 2. The van der Waals surface area contributed by atoms with E-state index >= 15 is 0 Å². The Morgan fingerprint density at radius 2 is 2.10 bits per heavy atom. The molecule has 0 spiro atoms. The molecule has 0 aliphatic carbocycles. The molecule has 0 saturated carbocycles. The molecule has 8 heteroatoms. The fraction of sp³-hybridized carbons (Fsp3) is 0.455. The summed E-state index contributed by atoms with van der Waals surface area (Å²) in [6.45, 7) is 6.73. The molecule has 0 aromatic carbocycles. The predicted octanol–water partition coefficient (Wildman–Crippen LogP) is 3.44. The molecular formula is C22H26N4O3S. The summed E-state index contributed by atoms with van der Waals surface area (Å²) in [6, 6.07) is 3.73. The molecule has 30 heavy (non-hydrogen) atoms. The summed E-state index contributed by atoms with van der Waals surface area (Å²) in [5, 5.41) is 10.1. The maximum atomic E-state index is 12.9. The SMILES string of the molecule is CC(C)(C=O)Cc1c[nH]c2ncc(-c3ccc(C(=O)N4CCC(C)(O)CC4)s3)nc12. The van der Waals surface area contributed by atoms with Crippen molar-refractivity contribution in [3.8, 4) is 10.6 Å². The number of aldehydes is 1. The number of H-pyrrole nitrogens is 1. The molecule has 1 aliphatic heterocycles. The van der Waals surface area contributed by atoms with E-state index in [4.69, 9.17) is 4.98 Å². The summed E-state index contributed by atoms with van der Waals surface area (Å²) in [7, 11) is 0. The lowest BCUT2D eigenvalue weighted by Crippen LogP contribution is -2.44. The molecule has 1 fully saturated rings. The van der Waals surface area contributed by atoms with Crippen molar-refractivity contribution in [3.63, 3.8) is 0 Å². The van der Waals surface area contributed by atoms with Crippen LogP contribution in [-0.2, 0) is 11.2 Å². The Balaban J connectivity index is 1.57. The molecule has 4 heterocycles. The number of aromatic amines is 1. The first-order valence-electron chi connectivity index (χ1n) is 10.1. The average molecular weight is 427 g/mol. The summed E-state index contributed by atoms with van der Waals surface area (Å²) >= 11 is 1.40. The third-order valence-electron chi connectivity index (χ3n) is 5.62. The van der Waals surface area contributed by atoms with E-state index in [-0.39, 0.29) is 5.91 Å². The largest absolute Gasteiger partial charge is 0.390 e. The number of nitrogens with one attached hydrogen (secondary N) is 1. The summed E-state index contributed by atoms with van der Waals surface area (Å²) in [6.07, 6.45) is 6.26. The summed E-state index contributed by atoms with van der Waals surface area (Å²) < 4.78 is 0. The first-order valence-corrected chi connectivity index (χ1v) is 10.9. The summed E-state index contributed by atoms with van der Waals surface area (Å²) in [5.74, 6) is -0.00847. The Hall–Kier alpha value is -2.58. The average Bonchev–Trinajstić information content (AvgIpc) is 3.35. The number of aromatic nitrogens is 3. The van der Waals surface area contributed by atoms with Crippen LogP contribution in [0.25, 0.3) is 21.7 Å². The van der Waals surface area contributed by atoms with Crippen molar-refractivity contribution >= 4 is 34.7 Å². The van der Waals surface area contributed by atoms with Crippen molar-refractivity contribution in [1.29, 1.82) is 0 Å². The molecule has 1 amide bonds. The molecule has 7 nitrogen and oxygen atoms in total. The minimum absolute atomic E-state index is 0.00847. The molecule has 3 aromatic rings. The Morgan fingerprint density at radius 1 is 1.37 bits per heavy atom. The molecule has 0 unspecified atom stereocenters. The molecule has 158 valence electrons. The zero-order chi connectivity index (χ0) is 21.5. The van der Waals surface area contributed by atoms with E-state index in [1.165, 1.54) is 11.3 Å². The van der Waals surface area contributed by atoms with Gasteiger partial charge in [0, 0.05) is 24.7 Å². The fourth-order valence-corrected chi connectivity index (χ4v) is 4.59. The van der Waals surface area contributed by atoms with E-state index in [1.54, 1.807) is 11.1 Å². The van der Waals surface area contributed by atoms with Gasteiger partial charge in [0.05, 0.1) is 27.2 Å². The topological polar surface area (TPSA) is 99.2 Å². The van der Waals surface area contributed by atoms with Gasteiger partial charge in [0.15, 0.2) is 5.65 Å². The van der Waals surface area contributed by atoms with Crippen LogP contribution in [0, 0.1) is 5.41 Å². The maximum absolute atomic E-state index is 12.9. The number of piperidine rings is 1. The van der Waals surface area contributed by atoms with Crippen molar-refractivity contribution in [3.05, 3.63) is 35.0 Å². The second-order valence-corrected chi connectivity index (χ2v) is 10.1. The van der Waals surface area contributed by atoms with Gasteiger partial charge in [-0.1, -0.05) is 13.8 Å². The van der Waals surface area contributed by atoms with Crippen LogP contribution >= 0.6 is 11.3 Å². The third-order valence-corrected chi connectivity index (χ3v) is 6.72. The van der Waals surface area contributed by atoms with Crippen LogP contribution in [0.2, 0.25) is 0 Å². The van der Waals surface area contributed by atoms with E-state index in [2.05, 4.69) is 9.97 Å². The molecule has 0 atom stereocenters. The third kappa shape index (κ3) is 4.15. The molecule has 0 radical (unpaired) electrons. The number of rotatable bonds is 5. The summed E-state index contributed by atoms with van der Waals surface area (Å²) in [5.41, 5.74) is 1.93. The van der Waals surface area contributed by atoms with Crippen LogP contribution in [0.3, 0.4) is 0 Å². The molecule has 1 saturated heterocycles.